The first-order valence-electron chi connectivity index (χ1n) is 5.88. The lowest BCUT2D eigenvalue weighted by Gasteiger charge is -2.33. The van der Waals surface area contributed by atoms with E-state index < -0.39 is 11.9 Å². The maximum atomic E-state index is 12.1. The molecule has 0 spiro atoms. The molecule has 1 saturated heterocycles. The first-order valence-corrected chi connectivity index (χ1v) is 7.68. The molecule has 7 nitrogen and oxygen atoms in total. The van der Waals surface area contributed by atoms with Gasteiger partial charge in [-0.2, -0.15) is 0 Å². The molecule has 0 aromatic carbocycles. The summed E-state index contributed by atoms with van der Waals surface area (Å²) in [5, 5.41) is 7.89. The van der Waals surface area contributed by atoms with Gasteiger partial charge in [-0.3, -0.25) is 9.59 Å². The van der Waals surface area contributed by atoms with Crippen molar-refractivity contribution in [2.75, 3.05) is 18.0 Å². The highest BCUT2D eigenvalue weighted by Gasteiger charge is 2.30. The number of amides is 2. The minimum Gasteiger partial charge on any atom is -0.374 e. The molecule has 0 unspecified atom stereocenters. The summed E-state index contributed by atoms with van der Waals surface area (Å²) in [6, 6.07) is -0.471. The second-order valence-corrected chi connectivity index (χ2v) is 6.43. The zero-order valence-electron chi connectivity index (χ0n) is 10.2. The van der Waals surface area contributed by atoms with E-state index >= 15 is 0 Å². The van der Waals surface area contributed by atoms with Gasteiger partial charge in [-0.25, -0.2) is 0 Å². The van der Waals surface area contributed by atoms with Gasteiger partial charge >= 0.3 is 0 Å². The Balaban J connectivity index is 1.92. The summed E-state index contributed by atoms with van der Waals surface area (Å²) in [4.78, 5) is 25.0. The maximum Gasteiger partial charge on any atom is 0.240 e. The van der Waals surface area contributed by atoms with E-state index in [-0.39, 0.29) is 11.7 Å². The molecule has 0 radical (unpaired) electrons. The lowest BCUT2D eigenvalue weighted by Crippen LogP contribution is -2.51. The van der Waals surface area contributed by atoms with Gasteiger partial charge in [0.1, 0.15) is 6.04 Å². The number of nitrogens with two attached hydrogens (primary N) is 2. The quantitative estimate of drug-likeness (QED) is 0.761. The summed E-state index contributed by atoms with van der Waals surface area (Å²) in [6.45, 7) is 0.589. The molecule has 1 aliphatic heterocycles. The van der Waals surface area contributed by atoms with Gasteiger partial charge in [0.15, 0.2) is 4.34 Å². The highest BCUT2D eigenvalue weighted by Crippen LogP contribution is 2.25. The zero-order chi connectivity index (χ0) is 13.8. The fraction of sp³-hybridized carbons (Fsp3) is 0.600. The van der Waals surface area contributed by atoms with Crippen molar-refractivity contribution in [3.8, 4) is 0 Å². The van der Waals surface area contributed by atoms with E-state index in [2.05, 4.69) is 10.2 Å². The normalized spacial score (nSPS) is 19.4. The van der Waals surface area contributed by atoms with Crippen LogP contribution in [-0.2, 0) is 9.59 Å². The number of hydrogen-bond donors (Lipinski definition) is 2. The highest BCUT2D eigenvalue weighted by atomic mass is 32.2. The number of nitrogen functional groups attached to an aromatic ring is 1. The Morgan fingerprint density at radius 3 is 2.84 bits per heavy atom. The van der Waals surface area contributed by atoms with Crippen LogP contribution in [0.4, 0.5) is 5.13 Å². The third-order valence-corrected chi connectivity index (χ3v) is 4.76. The van der Waals surface area contributed by atoms with Crippen molar-refractivity contribution in [2.24, 2.45) is 5.73 Å². The predicted octanol–water partition coefficient (Wildman–Crippen LogP) is 0.0788. The highest BCUT2D eigenvalue weighted by molar-refractivity contribution is 8.01. The lowest BCUT2D eigenvalue weighted by molar-refractivity contribution is -0.138. The molecule has 19 heavy (non-hydrogen) atoms. The van der Waals surface area contributed by atoms with Crippen LogP contribution in [0.25, 0.3) is 0 Å². The molecule has 0 saturated carbocycles. The van der Waals surface area contributed by atoms with Crippen LogP contribution >= 0.6 is 23.1 Å². The summed E-state index contributed by atoms with van der Waals surface area (Å²) < 4.78 is 0.651. The van der Waals surface area contributed by atoms with Crippen LogP contribution in [0.1, 0.15) is 19.3 Å². The van der Waals surface area contributed by atoms with E-state index in [1.807, 2.05) is 0 Å². The van der Waals surface area contributed by atoms with E-state index in [1.165, 1.54) is 23.1 Å². The minimum absolute atomic E-state index is 0.0951. The molecule has 1 aromatic heterocycles. The van der Waals surface area contributed by atoms with Crippen molar-refractivity contribution in [3.63, 3.8) is 0 Å². The zero-order valence-corrected chi connectivity index (χ0v) is 11.9. The standard InChI is InChI=1S/C10H15N5O2S2/c11-8(17)6-3-1-2-4-15(6)7(16)5-18-10-14-13-9(12)19-10/h6H,1-5H2,(H2,11,17)(H2,12,13)/t6-/m1/s1. The van der Waals surface area contributed by atoms with Gasteiger partial charge in [-0.1, -0.05) is 23.1 Å². The van der Waals surface area contributed by atoms with E-state index in [0.717, 1.165) is 12.8 Å². The second-order valence-electron chi connectivity index (χ2n) is 4.20. The van der Waals surface area contributed by atoms with Crippen molar-refractivity contribution >= 4 is 40.0 Å². The Bertz CT molecular complexity index is 478. The molecule has 1 fully saturated rings. The number of nitrogens with zero attached hydrogens (tertiary/aromatic N) is 3. The summed E-state index contributed by atoms with van der Waals surface area (Å²) in [5.74, 6) is -0.307. The number of likely N-dealkylation sites (tertiary alicyclic amines) is 1. The number of anilines is 1. The van der Waals surface area contributed by atoms with Gasteiger partial charge in [0.25, 0.3) is 0 Å². The van der Waals surface area contributed by atoms with Gasteiger partial charge < -0.3 is 16.4 Å². The Morgan fingerprint density at radius 1 is 1.42 bits per heavy atom. The molecule has 2 rings (SSSR count). The molecular formula is C10H15N5O2S2. The number of aromatic nitrogens is 2. The molecule has 1 aromatic rings. The number of primary amides is 1. The Kier molecular flexibility index (Phi) is 4.59. The first-order chi connectivity index (χ1) is 9.08. The van der Waals surface area contributed by atoms with Gasteiger partial charge in [-0.05, 0) is 19.3 Å². The molecule has 1 aliphatic rings. The van der Waals surface area contributed by atoms with Crippen molar-refractivity contribution in [2.45, 2.75) is 29.6 Å². The molecule has 104 valence electrons. The molecular weight excluding hydrogens is 286 g/mol. The van der Waals surface area contributed by atoms with Gasteiger partial charge in [-0.15, -0.1) is 10.2 Å². The molecule has 2 heterocycles. The van der Waals surface area contributed by atoms with Crippen LogP contribution in [0.2, 0.25) is 0 Å². The molecule has 2 amide bonds. The average molecular weight is 301 g/mol. The largest absolute Gasteiger partial charge is 0.374 e. The topological polar surface area (TPSA) is 115 Å². The number of thioether (sulfide) groups is 1. The third kappa shape index (κ3) is 3.57. The Labute approximate surface area is 118 Å². The van der Waals surface area contributed by atoms with Crippen LogP contribution < -0.4 is 11.5 Å². The van der Waals surface area contributed by atoms with Crippen LogP contribution in [0.5, 0.6) is 0 Å². The third-order valence-electron chi connectivity index (χ3n) is 2.89. The molecule has 9 heteroatoms. The molecule has 1 atom stereocenters. The number of carbonyl (C=O) groups is 2. The second kappa shape index (κ2) is 6.20. The number of hydrogen-bond acceptors (Lipinski definition) is 7. The lowest BCUT2D eigenvalue weighted by atomic mass is 10.0. The summed E-state index contributed by atoms with van der Waals surface area (Å²) in [7, 11) is 0. The summed E-state index contributed by atoms with van der Waals surface area (Å²) in [6.07, 6.45) is 2.49. The average Bonchev–Trinajstić information content (AvgIpc) is 2.81. The summed E-state index contributed by atoms with van der Waals surface area (Å²) in [5.41, 5.74) is 10.8. The van der Waals surface area contributed by atoms with Crippen molar-refractivity contribution < 1.29 is 9.59 Å². The minimum atomic E-state index is -0.471. The number of rotatable bonds is 4. The van der Waals surface area contributed by atoms with E-state index in [1.54, 1.807) is 4.90 Å². The molecule has 0 aliphatic carbocycles. The van der Waals surface area contributed by atoms with Crippen molar-refractivity contribution in [1.82, 2.24) is 15.1 Å². The number of carbonyl (C=O) groups excluding carboxylic acids is 2. The molecule has 4 N–H and O–H groups in total. The fourth-order valence-electron chi connectivity index (χ4n) is 2.01. The first kappa shape index (κ1) is 14.1. The Hall–Kier alpha value is -1.35. The van der Waals surface area contributed by atoms with E-state index in [4.69, 9.17) is 11.5 Å². The monoisotopic (exact) mass is 301 g/mol. The Morgan fingerprint density at radius 2 is 2.21 bits per heavy atom. The van der Waals surface area contributed by atoms with Gasteiger partial charge in [0.05, 0.1) is 5.75 Å². The van der Waals surface area contributed by atoms with Crippen LogP contribution in [0.3, 0.4) is 0 Å². The predicted molar refractivity (Wildman–Crippen MR) is 73.6 cm³/mol. The van der Waals surface area contributed by atoms with Crippen molar-refractivity contribution in [1.29, 1.82) is 0 Å². The number of piperidine rings is 1. The van der Waals surface area contributed by atoms with Crippen LogP contribution in [0.15, 0.2) is 4.34 Å². The van der Waals surface area contributed by atoms with Crippen molar-refractivity contribution in [3.05, 3.63) is 0 Å². The molecule has 0 bridgehead atoms. The van der Waals surface area contributed by atoms with Crippen LogP contribution in [0, 0.1) is 0 Å². The van der Waals surface area contributed by atoms with Gasteiger partial charge in [0, 0.05) is 6.54 Å². The fourth-order valence-corrected chi connectivity index (χ4v) is 3.53. The SMILES string of the molecule is NC(=O)[C@H]1CCCCN1C(=O)CSc1nnc(N)s1. The smallest absolute Gasteiger partial charge is 0.240 e. The summed E-state index contributed by atoms with van der Waals surface area (Å²) >= 11 is 2.52. The maximum absolute atomic E-state index is 12.1. The van der Waals surface area contributed by atoms with E-state index in [0.29, 0.717) is 22.4 Å². The van der Waals surface area contributed by atoms with E-state index in [9.17, 15) is 9.59 Å². The van der Waals surface area contributed by atoms with Gasteiger partial charge in [0.2, 0.25) is 16.9 Å². The van der Waals surface area contributed by atoms with Crippen LogP contribution in [-0.4, -0.2) is 45.3 Å².